The van der Waals surface area contributed by atoms with Gasteiger partial charge in [0, 0.05) is 4.47 Å². The van der Waals surface area contributed by atoms with Crippen LogP contribution in [0.5, 0.6) is 0 Å². The Morgan fingerprint density at radius 2 is 2.31 bits per heavy atom. The van der Waals surface area contributed by atoms with E-state index < -0.39 is 12.4 Å². The number of pyridine rings is 1. The lowest BCUT2D eigenvalue weighted by atomic mass is 10.2. The van der Waals surface area contributed by atoms with Crippen LogP contribution in [0.4, 0.5) is 14.6 Å². The van der Waals surface area contributed by atoms with Gasteiger partial charge in [-0.05, 0) is 22.0 Å². The summed E-state index contributed by atoms with van der Waals surface area (Å²) in [5.74, 6) is -0.797. The Hall–Kier alpha value is -1.24. The molecular weight excluding hydrogens is 286 g/mol. The highest BCUT2D eigenvalue weighted by Gasteiger charge is 2.17. The van der Waals surface area contributed by atoms with Gasteiger partial charge in [0.05, 0.1) is 24.8 Å². The molecule has 7 heteroatoms. The summed E-state index contributed by atoms with van der Waals surface area (Å²) in [5.41, 5.74) is 5.26. The Labute approximate surface area is 98.9 Å². The van der Waals surface area contributed by atoms with Gasteiger partial charge in [0.15, 0.2) is 0 Å². The highest BCUT2D eigenvalue weighted by atomic mass is 79.9. The molecule has 0 saturated carbocycles. The van der Waals surface area contributed by atoms with E-state index in [1.54, 1.807) is 0 Å². The maximum Gasteiger partial charge on any atom is 0.311 e. The molecule has 88 valence electrons. The summed E-state index contributed by atoms with van der Waals surface area (Å²) in [6.45, 7) is 0. The minimum absolute atomic E-state index is 0.120. The van der Waals surface area contributed by atoms with E-state index in [4.69, 9.17) is 5.73 Å². The van der Waals surface area contributed by atoms with E-state index in [2.05, 4.69) is 25.7 Å². The molecule has 0 aliphatic rings. The zero-order valence-electron chi connectivity index (χ0n) is 8.34. The maximum atomic E-state index is 12.4. The van der Waals surface area contributed by atoms with Gasteiger partial charge in [0.25, 0.3) is 6.43 Å². The van der Waals surface area contributed by atoms with Crippen LogP contribution >= 0.6 is 15.9 Å². The number of nitrogen functional groups attached to an aromatic ring is 1. The Bertz CT molecular complexity index is 413. The number of carbonyl (C=O) groups excluding carboxylic acids is 1. The fourth-order valence-corrected chi connectivity index (χ4v) is 1.54. The normalized spacial score (nSPS) is 10.6. The largest absolute Gasteiger partial charge is 0.469 e. The third kappa shape index (κ3) is 2.88. The molecule has 0 amide bonds. The van der Waals surface area contributed by atoms with Crippen LogP contribution in [0.25, 0.3) is 0 Å². The number of ether oxygens (including phenoxy) is 1. The highest BCUT2D eigenvalue weighted by molar-refractivity contribution is 9.10. The number of nitrogens with zero attached hydrogens (tertiary/aromatic N) is 1. The van der Waals surface area contributed by atoms with E-state index in [1.807, 2.05) is 0 Å². The zero-order chi connectivity index (χ0) is 12.3. The summed E-state index contributed by atoms with van der Waals surface area (Å²) in [5, 5.41) is 0. The van der Waals surface area contributed by atoms with Crippen LogP contribution < -0.4 is 5.73 Å². The van der Waals surface area contributed by atoms with Crippen molar-refractivity contribution < 1.29 is 18.3 Å². The maximum absolute atomic E-state index is 12.4. The number of halogens is 3. The standard InChI is InChI=1S/C9H9BrF2N2O2/c1-16-7(15)3-6-5(10)2-4(8(11)12)9(13)14-6/h2,8H,3H2,1H3,(H2,13,14). The number of hydrogen-bond donors (Lipinski definition) is 1. The van der Waals surface area contributed by atoms with E-state index in [-0.39, 0.29) is 23.5 Å². The minimum atomic E-state index is -2.70. The first-order chi connectivity index (χ1) is 7.45. The summed E-state index contributed by atoms with van der Waals surface area (Å²) in [4.78, 5) is 14.7. The van der Waals surface area contributed by atoms with Crippen molar-refractivity contribution in [3.63, 3.8) is 0 Å². The second-order valence-electron chi connectivity index (χ2n) is 2.94. The van der Waals surface area contributed by atoms with Crippen molar-refractivity contribution in [2.45, 2.75) is 12.8 Å². The molecule has 0 atom stereocenters. The third-order valence-electron chi connectivity index (χ3n) is 1.88. The molecule has 0 bridgehead atoms. The molecule has 2 N–H and O–H groups in total. The Balaban J connectivity index is 3.05. The number of anilines is 1. The van der Waals surface area contributed by atoms with Crippen LogP contribution in [0.2, 0.25) is 0 Å². The van der Waals surface area contributed by atoms with Crippen molar-refractivity contribution in [2.75, 3.05) is 12.8 Å². The van der Waals surface area contributed by atoms with Gasteiger partial charge in [0.2, 0.25) is 0 Å². The lowest BCUT2D eigenvalue weighted by molar-refractivity contribution is -0.139. The van der Waals surface area contributed by atoms with E-state index in [0.29, 0.717) is 4.47 Å². The van der Waals surface area contributed by atoms with Gasteiger partial charge < -0.3 is 10.5 Å². The van der Waals surface area contributed by atoms with Crippen molar-refractivity contribution in [2.24, 2.45) is 0 Å². The number of rotatable bonds is 3. The average molecular weight is 295 g/mol. The molecule has 0 fully saturated rings. The lowest BCUT2D eigenvalue weighted by Crippen LogP contribution is -2.09. The van der Waals surface area contributed by atoms with Crippen molar-refractivity contribution in [3.05, 3.63) is 21.8 Å². The Kier molecular flexibility index (Phi) is 4.17. The number of hydrogen-bond acceptors (Lipinski definition) is 4. The predicted octanol–water partition coefficient (Wildman–Crippen LogP) is 2.08. The fourth-order valence-electron chi connectivity index (χ4n) is 1.06. The summed E-state index contributed by atoms with van der Waals surface area (Å²) < 4.78 is 29.6. The lowest BCUT2D eigenvalue weighted by Gasteiger charge is -2.08. The van der Waals surface area contributed by atoms with Gasteiger partial charge in [0.1, 0.15) is 5.82 Å². The predicted molar refractivity (Wildman–Crippen MR) is 57.0 cm³/mol. The van der Waals surface area contributed by atoms with E-state index >= 15 is 0 Å². The smallest absolute Gasteiger partial charge is 0.311 e. The van der Waals surface area contributed by atoms with Gasteiger partial charge in [-0.15, -0.1) is 0 Å². The molecule has 0 aliphatic heterocycles. The van der Waals surface area contributed by atoms with Crippen molar-refractivity contribution >= 4 is 27.7 Å². The average Bonchev–Trinajstić information content (AvgIpc) is 2.22. The summed E-state index contributed by atoms with van der Waals surface area (Å²) in [6.07, 6.45) is -2.82. The second kappa shape index (κ2) is 5.20. The minimum Gasteiger partial charge on any atom is -0.469 e. The summed E-state index contributed by atoms with van der Waals surface area (Å²) >= 11 is 3.05. The van der Waals surface area contributed by atoms with Gasteiger partial charge in [-0.2, -0.15) is 0 Å². The van der Waals surface area contributed by atoms with Crippen LogP contribution in [0.1, 0.15) is 17.7 Å². The quantitative estimate of drug-likeness (QED) is 0.867. The van der Waals surface area contributed by atoms with E-state index in [1.165, 1.54) is 7.11 Å². The molecule has 0 aliphatic carbocycles. The number of esters is 1. The molecule has 1 rings (SSSR count). The van der Waals surface area contributed by atoms with Gasteiger partial charge >= 0.3 is 5.97 Å². The first-order valence-electron chi connectivity index (χ1n) is 4.25. The second-order valence-corrected chi connectivity index (χ2v) is 3.80. The molecular formula is C9H9BrF2N2O2. The van der Waals surface area contributed by atoms with Crippen molar-refractivity contribution in [3.8, 4) is 0 Å². The molecule has 4 nitrogen and oxygen atoms in total. The molecule has 0 spiro atoms. The topological polar surface area (TPSA) is 65.2 Å². The summed E-state index contributed by atoms with van der Waals surface area (Å²) in [6, 6.07) is 1.16. The summed E-state index contributed by atoms with van der Waals surface area (Å²) in [7, 11) is 1.23. The van der Waals surface area contributed by atoms with Crippen molar-refractivity contribution in [1.82, 2.24) is 4.98 Å². The van der Waals surface area contributed by atoms with Gasteiger partial charge in [-0.25, -0.2) is 13.8 Å². The fraction of sp³-hybridized carbons (Fsp3) is 0.333. The van der Waals surface area contributed by atoms with E-state index in [9.17, 15) is 13.6 Å². The molecule has 0 saturated heterocycles. The van der Waals surface area contributed by atoms with E-state index in [0.717, 1.165) is 6.07 Å². The van der Waals surface area contributed by atoms with Crippen LogP contribution in [0.3, 0.4) is 0 Å². The van der Waals surface area contributed by atoms with Crippen LogP contribution in [0.15, 0.2) is 10.5 Å². The number of carbonyl (C=O) groups is 1. The molecule has 0 aromatic carbocycles. The molecule has 0 radical (unpaired) electrons. The van der Waals surface area contributed by atoms with Crippen LogP contribution in [-0.4, -0.2) is 18.1 Å². The number of alkyl halides is 2. The van der Waals surface area contributed by atoms with Gasteiger partial charge in [-0.1, -0.05) is 0 Å². The van der Waals surface area contributed by atoms with Gasteiger partial charge in [-0.3, -0.25) is 4.79 Å². The molecule has 0 unspecified atom stereocenters. The number of aromatic nitrogens is 1. The first-order valence-corrected chi connectivity index (χ1v) is 5.04. The Morgan fingerprint density at radius 1 is 1.69 bits per heavy atom. The molecule has 1 heterocycles. The monoisotopic (exact) mass is 294 g/mol. The highest BCUT2D eigenvalue weighted by Crippen LogP contribution is 2.28. The molecule has 16 heavy (non-hydrogen) atoms. The third-order valence-corrected chi connectivity index (χ3v) is 2.57. The van der Waals surface area contributed by atoms with Crippen LogP contribution in [-0.2, 0) is 16.0 Å². The zero-order valence-corrected chi connectivity index (χ0v) is 9.92. The Morgan fingerprint density at radius 3 is 2.81 bits per heavy atom. The molecule has 1 aromatic rings. The number of methoxy groups -OCH3 is 1. The first kappa shape index (κ1) is 12.8. The number of nitrogens with two attached hydrogens (primary N) is 1. The molecule has 1 aromatic heterocycles. The van der Waals surface area contributed by atoms with Crippen molar-refractivity contribution in [1.29, 1.82) is 0 Å². The van der Waals surface area contributed by atoms with Crippen LogP contribution in [0, 0.1) is 0 Å². The SMILES string of the molecule is COC(=O)Cc1nc(N)c(C(F)F)cc1Br.